The molecule has 5 heteroatoms. The Morgan fingerprint density at radius 2 is 1.94 bits per heavy atom. The van der Waals surface area contributed by atoms with Crippen LogP contribution in [-0.2, 0) is 4.79 Å². The third-order valence-corrected chi connectivity index (χ3v) is 2.00. The Labute approximate surface area is 95.7 Å². The maximum absolute atomic E-state index is 11.4. The molecular weight excluding hydrogens is 204 g/mol. The van der Waals surface area contributed by atoms with E-state index in [1.54, 1.807) is 12.1 Å². The van der Waals surface area contributed by atoms with Crippen molar-refractivity contribution in [3.8, 4) is 0 Å². The van der Waals surface area contributed by atoms with Crippen LogP contribution in [0, 0.1) is 5.92 Å². The molecule has 1 aromatic heterocycles. The van der Waals surface area contributed by atoms with Crippen LogP contribution in [0.25, 0.3) is 0 Å². The minimum atomic E-state index is -0.0558. The highest BCUT2D eigenvalue weighted by Crippen LogP contribution is 2.07. The fraction of sp³-hybridized carbons (Fsp3) is 0.545. The summed E-state index contributed by atoms with van der Waals surface area (Å²) in [4.78, 5) is 11.4. The van der Waals surface area contributed by atoms with Gasteiger partial charge in [0.25, 0.3) is 0 Å². The van der Waals surface area contributed by atoms with Gasteiger partial charge in [-0.2, -0.15) is 0 Å². The lowest BCUT2D eigenvalue weighted by molar-refractivity contribution is -0.118. The summed E-state index contributed by atoms with van der Waals surface area (Å²) in [5.41, 5.74) is 0. The van der Waals surface area contributed by atoms with Crippen molar-refractivity contribution in [2.75, 3.05) is 17.2 Å². The van der Waals surface area contributed by atoms with Gasteiger partial charge in [0.1, 0.15) is 5.82 Å². The molecule has 16 heavy (non-hydrogen) atoms. The summed E-state index contributed by atoms with van der Waals surface area (Å²) in [6.07, 6.45) is 1.04. The molecule has 0 aromatic carbocycles. The van der Waals surface area contributed by atoms with Gasteiger partial charge >= 0.3 is 0 Å². The average molecular weight is 222 g/mol. The zero-order valence-electron chi connectivity index (χ0n) is 9.95. The zero-order valence-corrected chi connectivity index (χ0v) is 9.95. The lowest BCUT2D eigenvalue weighted by Crippen LogP contribution is -2.18. The highest BCUT2D eigenvalue weighted by molar-refractivity contribution is 5.91. The van der Waals surface area contributed by atoms with Gasteiger partial charge in [0.05, 0.1) is 0 Å². The molecule has 5 nitrogen and oxygen atoms in total. The van der Waals surface area contributed by atoms with Crippen LogP contribution in [0.1, 0.15) is 27.2 Å². The summed E-state index contributed by atoms with van der Waals surface area (Å²) in [6, 6.07) is 3.55. The molecule has 88 valence electrons. The first-order valence-electron chi connectivity index (χ1n) is 5.52. The van der Waals surface area contributed by atoms with E-state index in [2.05, 4.69) is 27.8 Å². The second kappa shape index (κ2) is 6.05. The predicted molar refractivity (Wildman–Crippen MR) is 64.3 cm³/mol. The van der Waals surface area contributed by atoms with E-state index in [0.29, 0.717) is 5.82 Å². The van der Waals surface area contributed by atoms with E-state index in [1.165, 1.54) is 0 Å². The van der Waals surface area contributed by atoms with Gasteiger partial charge in [-0.3, -0.25) is 4.79 Å². The highest BCUT2D eigenvalue weighted by Gasteiger charge is 2.07. The minimum Gasteiger partial charge on any atom is -0.369 e. The first-order chi connectivity index (χ1) is 7.63. The minimum absolute atomic E-state index is 0.0523. The zero-order chi connectivity index (χ0) is 12.0. The van der Waals surface area contributed by atoms with Crippen molar-refractivity contribution in [1.82, 2.24) is 10.2 Å². The van der Waals surface area contributed by atoms with Crippen molar-refractivity contribution < 1.29 is 4.79 Å². The maximum atomic E-state index is 11.4. The van der Waals surface area contributed by atoms with E-state index in [1.807, 2.05) is 13.8 Å². The summed E-state index contributed by atoms with van der Waals surface area (Å²) < 4.78 is 0. The van der Waals surface area contributed by atoms with Crippen LogP contribution < -0.4 is 10.6 Å². The normalized spacial score (nSPS) is 10.2. The number of nitrogens with zero attached hydrogens (tertiary/aromatic N) is 2. The molecule has 0 spiro atoms. The molecule has 1 heterocycles. The largest absolute Gasteiger partial charge is 0.369 e. The van der Waals surface area contributed by atoms with Gasteiger partial charge in [0, 0.05) is 12.5 Å². The van der Waals surface area contributed by atoms with Crippen LogP contribution in [-0.4, -0.2) is 22.6 Å². The van der Waals surface area contributed by atoms with Crippen molar-refractivity contribution >= 4 is 17.5 Å². The molecule has 2 N–H and O–H groups in total. The van der Waals surface area contributed by atoms with Crippen molar-refractivity contribution in [3.63, 3.8) is 0 Å². The SMILES string of the molecule is CCCNc1ccc(NC(=O)C(C)C)nn1. The standard InChI is InChI=1S/C11H18N4O/c1-4-7-12-9-5-6-10(15-14-9)13-11(16)8(2)3/h5-6,8H,4,7H2,1-3H3,(H,12,14)(H,13,15,16). The number of rotatable bonds is 5. The second-order valence-corrected chi connectivity index (χ2v) is 3.87. The smallest absolute Gasteiger partial charge is 0.228 e. The van der Waals surface area contributed by atoms with Gasteiger partial charge < -0.3 is 10.6 Å². The van der Waals surface area contributed by atoms with Crippen LogP contribution in [0.2, 0.25) is 0 Å². The third kappa shape index (κ3) is 3.84. The van der Waals surface area contributed by atoms with E-state index in [4.69, 9.17) is 0 Å². The molecule has 0 saturated heterocycles. The van der Waals surface area contributed by atoms with E-state index in [-0.39, 0.29) is 11.8 Å². The van der Waals surface area contributed by atoms with Crippen molar-refractivity contribution in [2.24, 2.45) is 5.92 Å². The summed E-state index contributed by atoms with van der Waals surface area (Å²) >= 11 is 0. The molecule has 0 atom stereocenters. The highest BCUT2D eigenvalue weighted by atomic mass is 16.1. The van der Waals surface area contributed by atoms with Gasteiger partial charge in [-0.15, -0.1) is 10.2 Å². The molecule has 0 aliphatic heterocycles. The van der Waals surface area contributed by atoms with Gasteiger partial charge in [-0.1, -0.05) is 20.8 Å². The van der Waals surface area contributed by atoms with Crippen LogP contribution >= 0.6 is 0 Å². The Morgan fingerprint density at radius 3 is 2.44 bits per heavy atom. The van der Waals surface area contributed by atoms with Crippen LogP contribution in [0.5, 0.6) is 0 Å². The summed E-state index contributed by atoms with van der Waals surface area (Å²) in [5.74, 6) is 1.11. The first kappa shape index (κ1) is 12.4. The molecule has 0 saturated carbocycles. The Balaban J connectivity index is 2.54. The predicted octanol–water partition coefficient (Wildman–Crippen LogP) is 1.89. The summed E-state index contributed by atoms with van der Waals surface area (Å²) in [6.45, 7) is 6.61. The first-order valence-corrected chi connectivity index (χ1v) is 5.52. The van der Waals surface area contributed by atoms with Gasteiger partial charge in [0.2, 0.25) is 5.91 Å². The maximum Gasteiger partial charge on any atom is 0.228 e. The van der Waals surface area contributed by atoms with Gasteiger partial charge in [0.15, 0.2) is 5.82 Å². The van der Waals surface area contributed by atoms with E-state index in [9.17, 15) is 4.79 Å². The molecule has 0 aliphatic carbocycles. The van der Waals surface area contributed by atoms with Crippen molar-refractivity contribution in [1.29, 1.82) is 0 Å². The number of aromatic nitrogens is 2. The number of hydrogen-bond donors (Lipinski definition) is 2. The Kier molecular flexibility index (Phi) is 4.69. The lowest BCUT2D eigenvalue weighted by atomic mass is 10.2. The molecule has 0 unspecified atom stereocenters. The number of amides is 1. The Bertz CT molecular complexity index is 334. The number of carbonyl (C=O) groups is 1. The fourth-order valence-corrected chi connectivity index (χ4v) is 1.02. The van der Waals surface area contributed by atoms with Gasteiger partial charge in [-0.25, -0.2) is 0 Å². The molecule has 0 fully saturated rings. The summed E-state index contributed by atoms with van der Waals surface area (Å²) in [5, 5.41) is 13.7. The molecular formula is C11H18N4O. The molecule has 1 amide bonds. The van der Waals surface area contributed by atoms with E-state index in [0.717, 1.165) is 18.8 Å². The number of nitrogens with one attached hydrogen (secondary N) is 2. The number of hydrogen-bond acceptors (Lipinski definition) is 4. The molecule has 0 bridgehead atoms. The third-order valence-electron chi connectivity index (χ3n) is 2.00. The van der Waals surface area contributed by atoms with Gasteiger partial charge in [-0.05, 0) is 18.6 Å². The lowest BCUT2D eigenvalue weighted by Gasteiger charge is -2.07. The molecule has 0 aliphatic rings. The quantitative estimate of drug-likeness (QED) is 0.798. The summed E-state index contributed by atoms with van der Waals surface area (Å²) in [7, 11) is 0. The average Bonchev–Trinajstić information content (AvgIpc) is 2.28. The van der Waals surface area contributed by atoms with Crippen LogP contribution in [0.4, 0.5) is 11.6 Å². The van der Waals surface area contributed by atoms with Crippen LogP contribution in [0.15, 0.2) is 12.1 Å². The van der Waals surface area contributed by atoms with Crippen LogP contribution in [0.3, 0.4) is 0 Å². The topological polar surface area (TPSA) is 66.9 Å². The molecule has 0 radical (unpaired) electrons. The molecule has 1 aromatic rings. The van der Waals surface area contributed by atoms with E-state index < -0.39 is 0 Å². The second-order valence-electron chi connectivity index (χ2n) is 3.87. The Hall–Kier alpha value is -1.65. The van der Waals surface area contributed by atoms with E-state index >= 15 is 0 Å². The number of anilines is 2. The monoisotopic (exact) mass is 222 g/mol. The Morgan fingerprint density at radius 1 is 1.31 bits per heavy atom. The van der Waals surface area contributed by atoms with Crippen molar-refractivity contribution in [3.05, 3.63) is 12.1 Å². The fourth-order valence-electron chi connectivity index (χ4n) is 1.02. The number of carbonyl (C=O) groups excluding carboxylic acids is 1. The molecule has 1 rings (SSSR count). The van der Waals surface area contributed by atoms with Crippen molar-refractivity contribution in [2.45, 2.75) is 27.2 Å².